The molecule has 57 heavy (non-hydrogen) atoms. The Balaban J connectivity index is 1.70. The molecule has 3 aliphatic rings. The highest BCUT2D eigenvalue weighted by Gasteiger charge is 2.58. The van der Waals surface area contributed by atoms with Gasteiger partial charge in [-0.2, -0.15) is 0 Å². The first-order valence-electron chi connectivity index (χ1n) is 20.2. The molecule has 0 aromatic heterocycles. The smallest absolute Gasteiger partial charge is 0.457 e. The second-order valence-electron chi connectivity index (χ2n) is 16.6. The first-order chi connectivity index (χ1) is 26.9. The molecule has 15 heteroatoms. The maximum absolute atomic E-state index is 14.3. The van der Waals surface area contributed by atoms with Crippen molar-refractivity contribution in [3.63, 3.8) is 0 Å². The molecule has 3 heterocycles. The van der Waals surface area contributed by atoms with Crippen molar-refractivity contribution < 1.29 is 57.5 Å². The van der Waals surface area contributed by atoms with Gasteiger partial charge in [0.15, 0.2) is 30.4 Å². The zero-order valence-corrected chi connectivity index (χ0v) is 35.5. The summed E-state index contributed by atoms with van der Waals surface area (Å²) < 4.78 is 36.6. The predicted octanol–water partition coefficient (Wildman–Crippen LogP) is 4.46. The summed E-state index contributed by atoms with van der Waals surface area (Å²) in [5.74, 6) is -5.04. The van der Waals surface area contributed by atoms with E-state index >= 15 is 0 Å². The Bertz CT molecular complexity index is 1560. The van der Waals surface area contributed by atoms with E-state index in [1.807, 2.05) is 63.2 Å². The molecule has 2 N–H and O–H groups in total. The Labute approximate surface area is 337 Å². The van der Waals surface area contributed by atoms with Crippen molar-refractivity contribution in [2.24, 2.45) is 28.8 Å². The van der Waals surface area contributed by atoms with Gasteiger partial charge in [0.2, 0.25) is 0 Å². The number of Topliss-reactive ketones (excluding diaryl/α,β-unsaturated/α-hetero) is 1. The summed E-state index contributed by atoms with van der Waals surface area (Å²) in [6, 6.07) is 9.69. The van der Waals surface area contributed by atoms with Crippen molar-refractivity contribution in [2.45, 2.75) is 142 Å². The second kappa shape index (κ2) is 19.9. The SMILES string of the molecule is CC[C@@H]1OC(=O)[C@H](C)C(=O)[C@H](C)[C@@H](O[C@@H]2O[C@H](C)C[C@H](N(C)C)[C@H]2O)[C@@](C)(OC)C[C@@H](C)/C(=N\OCC(=O)NCCCc2ccccc2)[C@@H](C)[C@H]2OC(=O)O[C@]12C. The fourth-order valence-electron chi connectivity index (χ4n) is 8.61. The largest absolute Gasteiger partial charge is 0.509 e. The third-order valence-corrected chi connectivity index (χ3v) is 12.0. The molecule has 0 unspecified atom stereocenters. The average Bonchev–Trinajstić information content (AvgIpc) is 3.49. The first-order valence-corrected chi connectivity index (χ1v) is 20.2. The van der Waals surface area contributed by atoms with Crippen LogP contribution in [-0.4, -0.2) is 128 Å². The minimum atomic E-state index is -1.47. The van der Waals surface area contributed by atoms with Crippen molar-refractivity contribution in [3.8, 4) is 0 Å². The fraction of sp³-hybridized carbons (Fsp3) is 0.738. The molecule has 1 aromatic carbocycles. The molecular weight excluding hydrogens is 738 g/mol. The standard InChI is InChI=1S/C42H65N3O12/c1-12-31-42(8)37(56-40(50)57-42)26(4)33(44-52-23-32(46)43-20-16-19-29-17-14-13-15-18-29)24(2)22-41(7,51-11)36(27(5)34(47)28(6)38(49)54-31)55-39-35(48)30(45(9)10)21-25(3)53-39/h13-15,17-18,24-28,30-31,35-37,39,48H,12,16,19-23H2,1-11H3,(H,43,46)/b44-33+/t24-,25-,26-,27+,28-,30+,31+,35-,36-,37-,39+,41+,42-/m1/s1. The number of hydrogen-bond donors (Lipinski definition) is 2. The number of nitrogens with zero attached hydrogens (tertiary/aromatic N) is 2. The second-order valence-corrected chi connectivity index (χ2v) is 16.6. The highest BCUT2D eigenvalue weighted by Crippen LogP contribution is 2.42. The maximum atomic E-state index is 14.3. The number of hydrogen-bond acceptors (Lipinski definition) is 14. The number of cyclic esters (lactones) is 1. The molecule has 0 aliphatic carbocycles. The fourth-order valence-corrected chi connectivity index (χ4v) is 8.61. The van der Waals surface area contributed by atoms with E-state index < -0.39 is 83.5 Å². The number of carbonyl (C=O) groups is 4. The number of ketones is 1. The Morgan fingerprint density at radius 3 is 2.35 bits per heavy atom. The molecule has 3 saturated heterocycles. The molecule has 1 amide bonds. The van der Waals surface area contributed by atoms with Crippen LogP contribution in [0.3, 0.4) is 0 Å². The minimum absolute atomic E-state index is 0.174. The highest BCUT2D eigenvalue weighted by atomic mass is 16.8. The minimum Gasteiger partial charge on any atom is -0.457 e. The van der Waals surface area contributed by atoms with Gasteiger partial charge in [-0.25, -0.2) is 4.79 Å². The van der Waals surface area contributed by atoms with E-state index in [9.17, 15) is 24.3 Å². The van der Waals surface area contributed by atoms with Crippen LogP contribution in [0.15, 0.2) is 35.5 Å². The van der Waals surface area contributed by atoms with Crippen LogP contribution >= 0.6 is 0 Å². The van der Waals surface area contributed by atoms with E-state index in [2.05, 4.69) is 10.5 Å². The average molecular weight is 804 g/mol. The molecule has 0 saturated carbocycles. The Hall–Kier alpha value is -3.63. The van der Waals surface area contributed by atoms with E-state index in [0.717, 1.165) is 12.8 Å². The number of methoxy groups -OCH3 is 1. The summed E-state index contributed by atoms with van der Waals surface area (Å²) in [5.41, 5.74) is -1.16. The van der Waals surface area contributed by atoms with E-state index in [1.54, 1.807) is 34.6 Å². The predicted molar refractivity (Wildman–Crippen MR) is 210 cm³/mol. The third kappa shape index (κ3) is 10.9. The van der Waals surface area contributed by atoms with Crippen LogP contribution in [0.25, 0.3) is 0 Å². The number of rotatable bonds is 12. The lowest BCUT2D eigenvalue weighted by molar-refractivity contribution is -0.295. The lowest BCUT2D eigenvalue weighted by atomic mass is 9.74. The molecule has 0 bridgehead atoms. The van der Waals surface area contributed by atoms with Gasteiger partial charge in [0, 0.05) is 37.5 Å². The van der Waals surface area contributed by atoms with Crippen LogP contribution in [0.4, 0.5) is 4.79 Å². The number of carbonyl (C=O) groups excluding carboxylic acids is 4. The summed E-state index contributed by atoms with van der Waals surface area (Å²) in [5, 5.41) is 18.9. The number of aliphatic hydroxyl groups excluding tert-OH is 1. The molecular formula is C42H65N3O12. The van der Waals surface area contributed by atoms with Crippen LogP contribution in [0, 0.1) is 23.7 Å². The van der Waals surface area contributed by atoms with E-state index in [0.29, 0.717) is 18.7 Å². The normalized spacial score (nSPS) is 37.5. The molecule has 1 aromatic rings. The van der Waals surface area contributed by atoms with Gasteiger partial charge in [-0.15, -0.1) is 0 Å². The van der Waals surface area contributed by atoms with Crippen molar-refractivity contribution in [3.05, 3.63) is 35.9 Å². The van der Waals surface area contributed by atoms with Crippen molar-refractivity contribution in [1.29, 1.82) is 0 Å². The number of ether oxygens (including phenoxy) is 6. The van der Waals surface area contributed by atoms with Crippen LogP contribution in [0.5, 0.6) is 0 Å². The van der Waals surface area contributed by atoms with Crippen LogP contribution in [0.2, 0.25) is 0 Å². The lowest BCUT2D eigenvalue weighted by Crippen LogP contribution is -2.59. The summed E-state index contributed by atoms with van der Waals surface area (Å²) in [4.78, 5) is 61.4. The summed E-state index contributed by atoms with van der Waals surface area (Å²) >= 11 is 0. The molecule has 0 spiro atoms. The number of aliphatic hydroxyl groups is 1. The topological polar surface area (TPSA) is 181 Å². The summed E-state index contributed by atoms with van der Waals surface area (Å²) in [7, 11) is 5.23. The zero-order valence-electron chi connectivity index (χ0n) is 35.5. The van der Waals surface area contributed by atoms with E-state index in [-0.39, 0.29) is 37.5 Å². The van der Waals surface area contributed by atoms with Gasteiger partial charge in [-0.3, -0.25) is 14.4 Å². The Kier molecular flexibility index (Phi) is 16.1. The number of nitrogens with one attached hydrogen (secondary N) is 1. The number of oxime groups is 1. The first kappa shape index (κ1) is 46.1. The number of aryl methyl sites for hydroxylation is 1. The number of likely N-dealkylation sites (N-methyl/N-ethyl adjacent to an activating group) is 1. The molecule has 320 valence electrons. The Morgan fingerprint density at radius 1 is 1.04 bits per heavy atom. The van der Waals surface area contributed by atoms with Gasteiger partial charge in [-0.1, -0.05) is 63.2 Å². The van der Waals surface area contributed by atoms with E-state index in [1.165, 1.54) is 19.6 Å². The molecule has 13 atom stereocenters. The van der Waals surface area contributed by atoms with E-state index in [4.69, 9.17) is 33.3 Å². The quantitative estimate of drug-likeness (QED) is 0.131. The number of fused-ring (bicyclic) bond motifs is 1. The van der Waals surface area contributed by atoms with Gasteiger partial charge >= 0.3 is 12.1 Å². The molecule has 4 rings (SSSR count). The van der Waals surface area contributed by atoms with Crippen molar-refractivity contribution >= 4 is 29.5 Å². The van der Waals surface area contributed by atoms with Crippen LogP contribution < -0.4 is 5.32 Å². The van der Waals surface area contributed by atoms with Crippen LogP contribution in [-0.2, 0) is 54.1 Å². The summed E-state index contributed by atoms with van der Waals surface area (Å²) in [6.45, 7) is 14.0. The monoisotopic (exact) mass is 803 g/mol. The van der Waals surface area contributed by atoms with Crippen molar-refractivity contribution in [1.82, 2.24) is 10.2 Å². The number of benzene rings is 1. The maximum Gasteiger partial charge on any atom is 0.509 e. The van der Waals surface area contributed by atoms with Crippen molar-refractivity contribution in [2.75, 3.05) is 34.4 Å². The van der Waals surface area contributed by atoms with Crippen LogP contribution in [0.1, 0.15) is 86.6 Å². The molecule has 3 aliphatic heterocycles. The highest BCUT2D eigenvalue weighted by molar-refractivity contribution is 6.00. The van der Waals surface area contributed by atoms with Gasteiger partial charge in [0.1, 0.15) is 18.1 Å². The Morgan fingerprint density at radius 2 is 1.72 bits per heavy atom. The van der Waals surface area contributed by atoms with Gasteiger partial charge < -0.3 is 48.6 Å². The van der Waals surface area contributed by atoms with Gasteiger partial charge in [0.25, 0.3) is 5.91 Å². The third-order valence-electron chi connectivity index (χ3n) is 12.0. The van der Waals surface area contributed by atoms with Gasteiger partial charge in [0.05, 0.1) is 23.5 Å². The molecule has 0 radical (unpaired) electrons. The molecule has 15 nitrogen and oxygen atoms in total. The zero-order chi connectivity index (χ0) is 42.2. The van der Waals surface area contributed by atoms with Gasteiger partial charge in [-0.05, 0) is 79.5 Å². The molecule has 3 fully saturated rings. The number of amides is 1. The summed E-state index contributed by atoms with van der Waals surface area (Å²) in [6.07, 6.45) is -3.96. The number of esters is 1. The lowest BCUT2D eigenvalue weighted by Gasteiger charge is -2.47.